The van der Waals surface area contributed by atoms with Gasteiger partial charge in [-0.05, 0) is 27.7 Å². The Morgan fingerprint density at radius 1 is 1.46 bits per heavy atom. The summed E-state index contributed by atoms with van der Waals surface area (Å²) in [6, 6.07) is 0. The van der Waals surface area contributed by atoms with Gasteiger partial charge in [-0.2, -0.15) is 0 Å². The molecule has 0 spiro atoms. The third-order valence-corrected chi connectivity index (χ3v) is 3.42. The van der Waals surface area contributed by atoms with Crippen LogP contribution in [-0.4, -0.2) is 45.2 Å². The Hall–Kier alpha value is -2.13. The summed E-state index contributed by atoms with van der Waals surface area (Å²) in [7, 11) is 0. The Labute approximate surface area is 138 Å². The van der Waals surface area contributed by atoms with Gasteiger partial charge in [0.25, 0.3) is 5.56 Å². The Bertz CT molecular complexity index is 716. The number of H-pyrrole nitrogens is 1. The Morgan fingerprint density at radius 3 is 2.75 bits per heavy atom. The van der Waals surface area contributed by atoms with Gasteiger partial charge < -0.3 is 19.3 Å². The molecule has 1 aliphatic rings. The lowest BCUT2D eigenvalue weighted by Gasteiger charge is -2.20. The highest BCUT2D eigenvalue weighted by Gasteiger charge is 2.36. The van der Waals surface area contributed by atoms with Gasteiger partial charge >= 0.3 is 11.8 Å². The number of aromatic amines is 1. The van der Waals surface area contributed by atoms with E-state index >= 15 is 0 Å². The Morgan fingerprint density at radius 2 is 2.12 bits per heavy atom. The van der Waals surface area contributed by atoms with Crippen molar-refractivity contribution in [3.8, 4) is 0 Å². The van der Waals surface area contributed by atoms with Crippen LogP contribution in [0, 0.1) is 6.92 Å². The number of rotatable bonds is 3. The molecule has 2 rings (SSSR count). The third-order valence-electron chi connectivity index (χ3n) is 3.42. The summed E-state index contributed by atoms with van der Waals surface area (Å²) in [5.41, 5.74) is -1.44. The fourth-order valence-electron chi connectivity index (χ4n) is 2.27. The van der Waals surface area contributed by atoms with Crippen LogP contribution in [0.15, 0.2) is 15.8 Å². The second kappa shape index (κ2) is 6.78. The molecule has 1 aliphatic heterocycles. The van der Waals surface area contributed by atoms with Gasteiger partial charge in [0.15, 0.2) is 0 Å². The largest absolute Gasteiger partial charge is 0.508 e. The molecule has 9 heteroatoms. The minimum atomic E-state index is -0.920. The molecular formula is C15H22N2O7. The molecule has 3 atom stereocenters. The smallest absolute Gasteiger partial charge is 0.431 e. The molecule has 2 heterocycles. The zero-order valence-corrected chi connectivity index (χ0v) is 14.1. The van der Waals surface area contributed by atoms with Crippen LogP contribution in [0.5, 0.6) is 0 Å². The fourth-order valence-corrected chi connectivity index (χ4v) is 2.27. The molecule has 2 unspecified atom stereocenters. The molecule has 0 aliphatic carbocycles. The van der Waals surface area contributed by atoms with Gasteiger partial charge in [-0.15, -0.1) is 0 Å². The van der Waals surface area contributed by atoms with Gasteiger partial charge in [-0.3, -0.25) is 14.3 Å². The number of carbonyl (C=O) groups is 1. The predicted molar refractivity (Wildman–Crippen MR) is 82.8 cm³/mol. The molecule has 24 heavy (non-hydrogen) atoms. The van der Waals surface area contributed by atoms with Crippen LogP contribution in [0.4, 0.5) is 4.79 Å². The maximum Gasteiger partial charge on any atom is 0.508 e. The zero-order chi connectivity index (χ0) is 18.1. The lowest BCUT2D eigenvalue weighted by atomic mass is 10.2. The van der Waals surface area contributed by atoms with E-state index in [9.17, 15) is 19.5 Å². The van der Waals surface area contributed by atoms with Gasteiger partial charge in [0.1, 0.15) is 24.5 Å². The molecule has 0 bridgehead atoms. The number of aliphatic hydroxyl groups excluding tert-OH is 1. The summed E-state index contributed by atoms with van der Waals surface area (Å²) in [5.74, 6) is 0. The van der Waals surface area contributed by atoms with Crippen molar-refractivity contribution >= 4 is 6.16 Å². The molecule has 1 saturated heterocycles. The number of carbonyl (C=O) groups excluding carboxylic acids is 1. The Kier molecular flexibility index (Phi) is 5.14. The molecule has 1 fully saturated rings. The first kappa shape index (κ1) is 18.2. The van der Waals surface area contributed by atoms with Crippen molar-refractivity contribution < 1.29 is 24.1 Å². The van der Waals surface area contributed by atoms with Gasteiger partial charge in [0, 0.05) is 18.2 Å². The highest BCUT2D eigenvalue weighted by atomic mass is 16.7. The van der Waals surface area contributed by atoms with E-state index in [-0.39, 0.29) is 13.0 Å². The summed E-state index contributed by atoms with van der Waals surface area (Å²) in [5, 5.41) is 10.0. The standard InChI is InChI=1S/C15H22N2O7/c1-8-6-17(13(20)16-12(8)19)11-5-9(18)10(23-11)7-22-14(21)24-15(2,3)4/h6,9-11,18H,5,7H2,1-4H3,(H,16,19,20)/t9-,10?,11?/m1/s1. The number of aromatic nitrogens is 2. The van der Waals surface area contributed by atoms with Crippen LogP contribution >= 0.6 is 0 Å². The van der Waals surface area contributed by atoms with Crippen LogP contribution in [-0.2, 0) is 14.2 Å². The number of hydrogen-bond acceptors (Lipinski definition) is 7. The molecular weight excluding hydrogens is 320 g/mol. The maximum atomic E-state index is 11.9. The van der Waals surface area contributed by atoms with Crippen molar-refractivity contribution in [2.45, 2.75) is 58.2 Å². The second-order valence-electron chi connectivity index (χ2n) is 6.69. The number of nitrogens with one attached hydrogen (secondary N) is 1. The van der Waals surface area contributed by atoms with Gasteiger partial charge in [-0.25, -0.2) is 9.59 Å². The fraction of sp³-hybridized carbons (Fsp3) is 0.667. The average molecular weight is 342 g/mol. The lowest BCUT2D eigenvalue weighted by molar-refractivity contribution is -0.0695. The van der Waals surface area contributed by atoms with E-state index < -0.39 is 41.4 Å². The van der Waals surface area contributed by atoms with Crippen LogP contribution in [0.25, 0.3) is 0 Å². The highest BCUT2D eigenvalue weighted by Crippen LogP contribution is 2.28. The van der Waals surface area contributed by atoms with Gasteiger partial charge in [0.05, 0.1) is 6.10 Å². The molecule has 0 radical (unpaired) electrons. The van der Waals surface area contributed by atoms with Crippen molar-refractivity contribution in [1.82, 2.24) is 9.55 Å². The summed E-state index contributed by atoms with van der Waals surface area (Å²) >= 11 is 0. The highest BCUT2D eigenvalue weighted by molar-refractivity contribution is 5.60. The summed E-state index contributed by atoms with van der Waals surface area (Å²) in [6.45, 7) is 6.47. The first-order valence-corrected chi connectivity index (χ1v) is 7.58. The minimum Gasteiger partial charge on any atom is -0.431 e. The van der Waals surface area contributed by atoms with Gasteiger partial charge in [0.2, 0.25) is 0 Å². The number of aliphatic hydroxyl groups is 1. The van der Waals surface area contributed by atoms with E-state index in [1.54, 1.807) is 27.7 Å². The van der Waals surface area contributed by atoms with Gasteiger partial charge in [-0.1, -0.05) is 0 Å². The molecule has 2 N–H and O–H groups in total. The van der Waals surface area contributed by atoms with E-state index in [4.69, 9.17) is 14.2 Å². The van der Waals surface area contributed by atoms with Crippen LogP contribution in [0.3, 0.4) is 0 Å². The molecule has 1 aromatic rings. The van der Waals surface area contributed by atoms with E-state index in [1.807, 2.05) is 0 Å². The predicted octanol–water partition coefficient (Wildman–Crippen LogP) is 0.445. The SMILES string of the molecule is Cc1cn(C2C[C@@H](O)C(COC(=O)OC(C)(C)C)O2)c(=O)[nH]c1=O. The summed E-state index contributed by atoms with van der Waals surface area (Å²) in [6.07, 6.45) is -1.82. The van der Waals surface area contributed by atoms with Crippen molar-refractivity contribution in [3.05, 3.63) is 32.6 Å². The quantitative estimate of drug-likeness (QED) is 0.765. The number of ether oxygens (including phenoxy) is 3. The maximum absolute atomic E-state index is 11.9. The molecule has 0 aromatic carbocycles. The van der Waals surface area contributed by atoms with Crippen molar-refractivity contribution in [1.29, 1.82) is 0 Å². The molecule has 0 amide bonds. The minimum absolute atomic E-state index is 0.133. The van der Waals surface area contributed by atoms with Crippen LogP contribution < -0.4 is 11.2 Å². The average Bonchev–Trinajstić information content (AvgIpc) is 2.80. The zero-order valence-electron chi connectivity index (χ0n) is 14.1. The number of hydrogen-bond donors (Lipinski definition) is 2. The molecule has 1 aromatic heterocycles. The summed E-state index contributed by atoms with van der Waals surface area (Å²) in [4.78, 5) is 37.0. The lowest BCUT2D eigenvalue weighted by Crippen LogP contribution is -2.33. The van der Waals surface area contributed by atoms with Crippen LogP contribution in [0.2, 0.25) is 0 Å². The molecule has 0 saturated carbocycles. The van der Waals surface area contributed by atoms with Crippen molar-refractivity contribution in [2.24, 2.45) is 0 Å². The molecule has 134 valence electrons. The number of nitrogens with zero attached hydrogens (tertiary/aromatic N) is 1. The van der Waals surface area contributed by atoms with E-state index in [1.165, 1.54) is 10.8 Å². The second-order valence-corrected chi connectivity index (χ2v) is 6.69. The van der Waals surface area contributed by atoms with E-state index in [0.717, 1.165) is 0 Å². The first-order chi connectivity index (χ1) is 11.1. The number of aryl methyl sites for hydroxylation is 1. The molecule has 9 nitrogen and oxygen atoms in total. The van der Waals surface area contributed by atoms with Crippen LogP contribution in [0.1, 0.15) is 39.0 Å². The van der Waals surface area contributed by atoms with E-state index in [0.29, 0.717) is 5.56 Å². The summed E-state index contributed by atoms with van der Waals surface area (Å²) < 4.78 is 16.7. The van der Waals surface area contributed by atoms with Crippen molar-refractivity contribution in [2.75, 3.05) is 6.61 Å². The topological polar surface area (TPSA) is 120 Å². The monoisotopic (exact) mass is 342 g/mol. The first-order valence-electron chi connectivity index (χ1n) is 7.58. The third kappa shape index (κ3) is 4.45. The van der Waals surface area contributed by atoms with E-state index in [2.05, 4.69) is 4.98 Å². The Balaban J connectivity index is 2.00. The normalized spacial score (nSPS) is 24.0. The van der Waals surface area contributed by atoms with Crippen molar-refractivity contribution in [3.63, 3.8) is 0 Å².